The van der Waals surface area contributed by atoms with Crippen molar-refractivity contribution in [3.05, 3.63) is 70.3 Å². The van der Waals surface area contributed by atoms with E-state index in [0.29, 0.717) is 37.6 Å². The van der Waals surface area contributed by atoms with Gasteiger partial charge in [0.1, 0.15) is 18.2 Å². The lowest BCUT2D eigenvalue weighted by molar-refractivity contribution is -0.135. The van der Waals surface area contributed by atoms with E-state index in [2.05, 4.69) is 21.2 Å². The zero-order valence-electron chi connectivity index (χ0n) is 17.3. The molecule has 1 N–H and O–H groups in total. The summed E-state index contributed by atoms with van der Waals surface area (Å²) in [6.07, 6.45) is 3.37. The number of nitrogens with one attached hydrogen (secondary N) is 1. The van der Waals surface area contributed by atoms with E-state index in [9.17, 15) is 14.9 Å². The third kappa shape index (κ3) is 4.90. The molecule has 0 saturated carbocycles. The Morgan fingerprint density at radius 2 is 1.84 bits per heavy atom. The molecule has 32 heavy (non-hydrogen) atoms. The second-order valence-corrected chi connectivity index (χ2v) is 8.27. The van der Waals surface area contributed by atoms with E-state index in [1.165, 1.54) is 0 Å². The molecular formula is C24H21BrN4O3. The monoisotopic (exact) mass is 492 g/mol. The first kappa shape index (κ1) is 21.8. The zero-order valence-corrected chi connectivity index (χ0v) is 18.8. The van der Waals surface area contributed by atoms with Crippen molar-refractivity contribution in [2.75, 3.05) is 31.6 Å². The Morgan fingerprint density at radius 1 is 1.12 bits per heavy atom. The van der Waals surface area contributed by atoms with E-state index in [-0.39, 0.29) is 18.0 Å². The Morgan fingerprint density at radius 3 is 2.56 bits per heavy atom. The summed E-state index contributed by atoms with van der Waals surface area (Å²) in [4.78, 5) is 27.2. The van der Waals surface area contributed by atoms with E-state index in [1.54, 1.807) is 23.1 Å². The van der Waals surface area contributed by atoms with Crippen LogP contribution in [0.15, 0.2) is 64.8 Å². The van der Waals surface area contributed by atoms with Crippen molar-refractivity contribution in [1.29, 1.82) is 5.26 Å². The van der Waals surface area contributed by atoms with Crippen molar-refractivity contribution in [3.8, 4) is 6.07 Å². The molecule has 7 nitrogen and oxygen atoms in total. The van der Waals surface area contributed by atoms with Gasteiger partial charge < -0.3 is 19.5 Å². The second-order valence-electron chi connectivity index (χ2n) is 7.35. The number of anilines is 1. The van der Waals surface area contributed by atoms with Crippen molar-refractivity contribution in [2.45, 2.75) is 6.54 Å². The van der Waals surface area contributed by atoms with Gasteiger partial charge in [0, 0.05) is 45.9 Å². The number of carbonyl (C=O) groups is 2. The molecule has 2 heterocycles. The van der Waals surface area contributed by atoms with E-state index in [1.807, 2.05) is 53.2 Å². The largest absolute Gasteiger partial charge is 0.378 e. The Kier molecular flexibility index (Phi) is 6.69. The molecule has 1 aliphatic heterocycles. The molecule has 0 bridgehead atoms. The van der Waals surface area contributed by atoms with Crippen molar-refractivity contribution < 1.29 is 14.3 Å². The highest BCUT2D eigenvalue weighted by atomic mass is 79.9. The number of amides is 2. The summed E-state index contributed by atoms with van der Waals surface area (Å²) >= 11 is 3.35. The highest BCUT2D eigenvalue weighted by Gasteiger charge is 2.19. The second kappa shape index (κ2) is 9.81. The van der Waals surface area contributed by atoms with E-state index in [0.717, 1.165) is 15.4 Å². The maximum Gasteiger partial charge on any atom is 0.266 e. The molecule has 0 radical (unpaired) electrons. The summed E-state index contributed by atoms with van der Waals surface area (Å²) in [5.41, 5.74) is 2.15. The maximum absolute atomic E-state index is 12.7. The number of aromatic nitrogens is 1. The van der Waals surface area contributed by atoms with Crippen LogP contribution in [-0.4, -0.2) is 47.6 Å². The molecule has 1 fully saturated rings. The van der Waals surface area contributed by atoms with Gasteiger partial charge in [-0.05, 0) is 36.4 Å². The van der Waals surface area contributed by atoms with Gasteiger partial charge in [0.25, 0.3) is 5.91 Å². The van der Waals surface area contributed by atoms with Crippen LogP contribution in [0, 0.1) is 11.3 Å². The highest BCUT2D eigenvalue weighted by Crippen LogP contribution is 2.24. The smallest absolute Gasteiger partial charge is 0.266 e. The fourth-order valence-corrected chi connectivity index (χ4v) is 3.88. The molecule has 2 aromatic carbocycles. The average Bonchev–Trinajstić information content (AvgIpc) is 3.16. The predicted octanol–water partition coefficient (Wildman–Crippen LogP) is 3.81. The quantitative estimate of drug-likeness (QED) is 0.433. The number of halogens is 1. The van der Waals surface area contributed by atoms with Crippen LogP contribution in [0.2, 0.25) is 0 Å². The molecule has 2 amide bonds. The maximum atomic E-state index is 12.7. The summed E-state index contributed by atoms with van der Waals surface area (Å²) in [7, 11) is 0. The Hall–Kier alpha value is -3.41. The standard InChI is InChI=1S/C24H21BrN4O3/c25-19-5-7-20(8-6-19)27-24(31)17(14-26)13-18-15-29(22-4-2-1-3-21(18)22)16-23(30)28-9-11-32-12-10-28/h1-8,13,15H,9-12,16H2,(H,27,31)/b17-13-. The molecular weight excluding hydrogens is 472 g/mol. The van der Waals surface area contributed by atoms with Gasteiger partial charge in [0.05, 0.1) is 13.2 Å². The molecule has 1 aliphatic rings. The molecule has 0 atom stereocenters. The summed E-state index contributed by atoms with van der Waals surface area (Å²) in [6, 6.07) is 16.7. The zero-order chi connectivity index (χ0) is 22.5. The van der Waals surface area contributed by atoms with Gasteiger partial charge in [0.15, 0.2) is 0 Å². The topological polar surface area (TPSA) is 87.4 Å². The minimum Gasteiger partial charge on any atom is -0.378 e. The first-order chi connectivity index (χ1) is 15.5. The molecule has 3 aromatic rings. The van der Waals surface area contributed by atoms with Gasteiger partial charge in [-0.3, -0.25) is 9.59 Å². The fourth-order valence-electron chi connectivity index (χ4n) is 3.62. The van der Waals surface area contributed by atoms with Gasteiger partial charge in [-0.2, -0.15) is 5.26 Å². The molecule has 4 rings (SSSR count). The van der Waals surface area contributed by atoms with Crippen LogP contribution in [0.4, 0.5) is 5.69 Å². The lowest BCUT2D eigenvalue weighted by atomic mass is 10.1. The van der Waals surface area contributed by atoms with Crippen molar-refractivity contribution >= 4 is 50.4 Å². The first-order valence-electron chi connectivity index (χ1n) is 10.2. The molecule has 8 heteroatoms. The average molecular weight is 493 g/mol. The Labute approximate surface area is 194 Å². The van der Waals surface area contributed by atoms with Crippen LogP contribution >= 0.6 is 15.9 Å². The van der Waals surface area contributed by atoms with E-state index in [4.69, 9.17) is 4.74 Å². The van der Waals surface area contributed by atoms with Crippen LogP contribution in [0.25, 0.3) is 17.0 Å². The summed E-state index contributed by atoms with van der Waals surface area (Å²) in [5, 5.41) is 13.2. The molecule has 1 aromatic heterocycles. The van der Waals surface area contributed by atoms with Crippen LogP contribution < -0.4 is 5.32 Å². The number of ether oxygens (including phenoxy) is 1. The lowest BCUT2D eigenvalue weighted by Crippen LogP contribution is -2.42. The van der Waals surface area contributed by atoms with E-state index < -0.39 is 5.91 Å². The normalized spacial score (nSPS) is 14.2. The van der Waals surface area contributed by atoms with Crippen LogP contribution in [0.1, 0.15) is 5.56 Å². The molecule has 162 valence electrons. The van der Waals surface area contributed by atoms with Gasteiger partial charge in [-0.15, -0.1) is 0 Å². The number of fused-ring (bicyclic) bond motifs is 1. The molecule has 1 saturated heterocycles. The highest BCUT2D eigenvalue weighted by molar-refractivity contribution is 9.10. The number of hydrogen-bond donors (Lipinski definition) is 1. The van der Waals surface area contributed by atoms with Crippen molar-refractivity contribution in [3.63, 3.8) is 0 Å². The van der Waals surface area contributed by atoms with Gasteiger partial charge >= 0.3 is 0 Å². The van der Waals surface area contributed by atoms with Gasteiger partial charge in [0.2, 0.25) is 5.91 Å². The third-order valence-electron chi connectivity index (χ3n) is 5.26. The van der Waals surface area contributed by atoms with Crippen LogP contribution in [0.3, 0.4) is 0 Å². The minimum atomic E-state index is -0.490. The first-order valence-corrected chi connectivity index (χ1v) is 11.0. The van der Waals surface area contributed by atoms with E-state index >= 15 is 0 Å². The molecule has 0 unspecified atom stereocenters. The molecule has 0 aliphatic carbocycles. The number of morpholine rings is 1. The van der Waals surface area contributed by atoms with Crippen molar-refractivity contribution in [2.24, 2.45) is 0 Å². The van der Waals surface area contributed by atoms with Gasteiger partial charge in [-0.25, -0.2) is 0 Å². The number of benzene rings is 2. The Bertz CT molecular complexity index is 1220. The fraction of sp³-hybridized carbons (Fsp3) is 0.208. The van der Waals surface area contributed by atoms with Crippen LogP contribution in [0.5, 0.6) is 0 Å². The Balaban J connectivity index is 1.60. The summed E-state index contributed by atoms with van der Waals surface area (Å²) in [5.74, 6) is -0.478. The number of nitrogens with zero attached hydrogens (tertiary/aromatic N) is 3. The number of carbonyl (C=O) groups excluding carboxylic acids is 2. The summed E-state index contributed by atoms with van der Waals surface area (Å²) < 4.78 is 8.08. The minimum absolute atomic E-state index is 0.0121. The summed E-state index contributed by atoms with van der Waals surface area (Å²) in [6.45, 7) is 2.44. The number of rotatable bonds is 5. The predicted molar refractivity (Wildman–Crippen MR) is 126 cm³/mol. The van der Waals surface area contributed by atoms with Crippen molar-refractivity contribution in [1.82, 2.24) is 9.47 Å². The third-order valence-corrected chi connectivity index (χ3v) is 5.78. The number of nitriles is 1. The number of para-hydroxylation sites is 1. The SMILES string of the molecule is N#C/C(=C/c1cn(CC(=O)N2CCOCC2)c2ccccc12)C(=O)Nc1ccc(Br)cc1. The van der Waals surface area contributed by atoms with Gasteiger partial charge in [-0.1, -0.05) is 34.1 Å². The lowest BCUT2D eigenvalue weighted by Gasteiger charge is -2.27. The number of hydrogen-bond acceptors (Lipinski definition) is 4. The molecule has 0 spiro atoms. The van der Waals surface area contributed by atoms with Crippen LogP contribution in [-0.2, 0) is 20.9 Å².